The Kier molecular flexibility index (Phi) is 5.48. The molecule has 10 heteroatoms. The fourth-order valence-corrected chi connectivity index (χ4v) is 3.04. The number of carboxylic acid groups (broad SMARTS) is 1. The van der Waals surface area contributed by atoms with Crippen molar-refractivity contribution < 1.29 is 27.9 Å². The lowest BCUT2D eigenvalue weighted by molar-refractivity contribution is -0.138. The molecule has 1 amide bonds. The van der Waals surface area contributed by atoms with Crippen molar-refractivity contribution in [2.45, 2.75) is 25.1 Å². The number of likely N-dealkylation sites (tertiary alicyclic amines) is 1. The quantitative estimate of drug-likeness (QED) is 0.828. The van der Waals surface area contributed by atoms with Crippen molar-refractivity contribution in [3.8, 4) is 0 Å². The zero-order valence-corrected chi connectivity index (χ0v) is 14.6. The first kappa shape index (κ1) is 19.6. The molecule has 7 nitrogen and oxygen atoms in total. The molecule has 28 heavy (non-hydrogen) atoms. The molecular formula is C18H17F3N4O3. The van der Waals surface area contributed by atoms with Gasteiger partial charge in [-0.15, -0.1) is 0 Å². The molecule has 1 fully saturated rings. The Labute approximate surface area is 158 Å². The van der Waals surface area contributed by atoms with Crippen LogP contribution in [0.5, 0.6) is 0 Å². The predicted molar refractivity (Wildman–Crippen MR) is 93.0 cm³/mol. The van der Waals surface area contributed by atoms with Crippen molar-refractivity contribution in [2.75, 3.05) is 18.4 Å². The molecule has 2 aromatic rings. The highest BCUT2D eigenvalue weighted by Crippen LogP contribution is 2.32. The van der Waals surface area contributed by atoms with E-state index in [1.165, 1.54) is 29.3 Å². The zero-order chi connectivity index (χ0) is 20.3. The van der Waals surface area contributed by atoms with Crippen molar-refractivity contribution in [3.05, 3.63) is 53.5 Å². The van der Waals surface area contributed by atoms with Gasteiger partial charge in [0.1, 0.15) is 5.82 Å². The van der Waals surface area contributed by atoms with Gasteiger partial charge in [-0.3, -0.25) is 4.79 Å². The molecule has 1 aliphatic rings. The van der Waals surface area contributed by atoms with Crippen molar-refractivity contribution in [2.24, 2.45) is 0 Å². The summed E-state index contributed by atoms with van der Waals surface area (Å²) in [5, 5.41) is 11.9. The van der Waals surface area contributed by atoms with Gasteiger partial charge in [-0.2, -0.15) is 13.2 Å². The number of carbonyl (C=O) groups excluding carboxylic acids is 1. The fourth-order valence-electron chi connectivity index (χ4n) is 3.04. The lowest BCUT2D eigenvalue weighted by Gasteiger charge is -2.33. The fraction of sp³-hybridized carbons (Fsp3) is 0.333. The number of carboxylic acids is 1. The van der Waals surface area contributed by atoms with E-state index in [2.05, 4.69) is 15.3 Å². The molecule has 1 aromatic heterocycles. The first-order chi connectivity index (χ1) is 13.3. The monoisotopic (exact) mass is 394 g/mol. The Morgan fingerprint density at radius 3 is 2.36 bits per heavy atom. The van der Waals surface area contributed by atoms with E-state index in [9.17, 15) is 22.8 Å². The van der Waals surface area contributed by atoms with E-state index >= 15 is 0 Å². The van der Waals surface area contributed by atoms with Crippen LogP contribution in [0.2, 0.25) is 0 Å². The number of halogens is 3. The number of benzene rings is 1. The lowest BCUT2D eigenvalue weighted by Crippen LogP contribution is -2.43. The van der Waals surface area contributed by atoms with Crippen molar-refractivity contribution in [3.63, 3.8) is 0 Å². The number of hydrogen-bond acceptors (Lipinski definition) is 5. The first-order valence-electron chi connectivity index (χ1n) is 8.53. The normalized spacial score (nSPS) is 15.3. The molecule has 0 bridgehead atoms. The average Bonchev–Trinajstić information content (AvgIpc) is 2.68. The van der Waals surface area contributed by atoms with Crippen LogP contribution in [0.15, 0.2) is 36.7 Å². The SMILES string of the molecule is O=C(O)c1cnc(NC2CCN(C(=O)c3ccccc3C(F)(F)F)CC2)cn1. The van der Waals surface area contributed by atoms with Gasteiger partial charge in [0.05, 0.1) is 23.5 Å². The van der Waals surface area contributed by atoms with E-state index in [-0.39, 0.29) is 17.3 Å². The number of hydrogen-bond donors (Lipinski definition) is 2. The summed E-state index contributed by atoms with van der Waals surface area (Å²) in [7, 11) is 0. The van der Waals surface area contributed by atoms with Gasteiger partial charge in [0.15, 0.2) is 5.69 Å². The van der Waals surface area contributed by atoms with Crippen LogP contribution in [-0.2, 0) is 6.18 Å². The van der Waals surface area contributed by atoms with Crippen LogP contribution >= 0.6 is 0 Å². The maximum Gasteiger partial charge on any atom is 0.417 e. The van der Waals surface area contributed by atoms with E-state index in [0.717, 1.165) is 12.3 Å². The first-order valence-corrected chi connectivity index (χ1v) is 8.53. The van der Waals surface area contributed by atoms with Crippen LogP contribution in [0.1, 0.15) is 39.3 Å². The number of nitrogens with one attached hydrogen (secondary N) is 1. The lowest BCUT2D eigenvalue weighted by atomic mass is 10.0. The number of aromatic carboxylic acids is 1. The number of aromatic nitrogens is 2. The van der Waals surface area contributed by atoms with Crippen LogP contribution in [0, 0.1) is 0 Å². The second-order valence-electron chi connectivity index (χ2n) is 6.35. The number of piperidine rings is 1. The summed E-state index contributed by atoms with van der Waals surface area (Å²) in [6.45, 7) is 0.590. The number of alkyl halides is 3. The largest absolute Gasteiger partial charge is 0.476 e. The molecule has 3 rings (SSSR count). The molecule has 0 aliphatic carbocycles. The summed E-state index contributed by atoms with van der Waals surface area (Å²) in [5.74, 6) is -1.42. The van der Waals surface area contributed by atoms with Gasteiger partial charge in [-0.05, 0) is 25.0 Å². The van der Waals surface area contributed by atoms with Crippen molar-refractivity contribution >= 4 is 17.7 Å². The molecule has 1 saturated heterocycles. The van der Waals surface area contributed by atoms with Gasteiger partial charge in [-0.1, -0.05) is 12.1 Å². The standard InChI is InChI=1S/C18H17F3N4O3/c19-18(20,21)13-4-2-1-3-12(13)16(26)25-7-5-11(6-8-25)24-15-10-22-14(9-23-15)17(27)28/h1-4,9-11H,5-8H2,(H,23,24)(H,27,28). The number of carbonyl (C=O) groups is 2. The molecule has 1 aliphatic heterocycles. The third kappa shape index (κ3) is 4.38. The summed E-state index contributed by atoms with van der Waals surface area (Å²) >= 11 is 0. The van der Waals surface area contributed by atoms with Gasteiger partial charge >= 0.3 is 12.1 Å². The van der Waals surface area contributed by atoms with E-state index in [1.54, 1.807) is 0 Å². The van der Waals surface area contributed by atoms with Gasteiger partial charge in [0.2, 0.25) is 0 Å². The van der Waals surface area contributed by atoms with E-state index in [1.807, 2.05) is 0 Å². The van der Waals surface area contributed by atoms with Gasteiger partial charge < -0.3 is 15.3 Å². The third-order valence-corrected chi connectivity index (χ3v) is 4.47. The highest BCUT2D eigenvalue weighted by Gasteiger charge is 2.36. The predicted octanol–water partition coefficient (Wildman–Crippen LogP) is 2.91. The minimum absolute atomic E-state index is 0.0492. The molecule has 148 valence electrons. The molecule has 0 spiro atoms. The second kappa shape index (κ2) is 7.83. The average molecular weight is 394 g/mol. The summed E-state index contributed by atoms with van der Waals surface area (Å²) in [4.78, 5) is 32.5. The van der Waals surface area contributed by atoms with Crippen LogP contribution in [-0.4, -0.2) is 51.0 Å². The number of amides is 1. The highest BCUT2D eigenvalue weighted by molar-refractivity contribution is 5.96. The Hall–Kier alpha value is -3.17. The summed E-state index contributed by atoms with van der Waals surface area (Å²) in [5.41, 5.74) is -1.46. The van der Waals surface area contributed by atoms with Crippen molar-refractivity contribution in [1.29, 1.82) is 0 Å². The van der Waals surface area contributed by atoms with Crippen LogP contribution in [0.4, 0.5) is 19.0 Å². The molecule has 0 radical (unpaired) electrons. The molecule has 2 heterocycles. The van der Waals surface area contributed by atoms with Crippen LogP contribution < -0.4 is 5.32 Å². The summed E-state index contributed by atoms with van der Waals surface area (Å²) in [6, 6.07) is 4.71. The van der Waals surface area contributed by atoms with Gasteiger partial charge in [0.25, 0.3) is 5.91 Å². The Morgan fingerprint density at radius 2 is 1.79 bits per heavy atom. The molecule has 0 atom stereocenters. The number of anilines is 1. The van der Waals surface area contributed by atoms with E-state index in [4.69, 9.17) is 5.11 Å². The minimum Gasteiger partial charge on any atom is -0.476 e. The maximum absolute atomic E-state index is 13.1. The summed E-state index contributed by atoms with van der Waals surface area (Å²) in [6.07, 6.45) is -1.12. The summed E-state index contributed by atoms with van der Waals surface area (Å²) < 4.78 is 39.4. The maximum atomic E-state index is 13.1. The minimum atomic E-state index is -4.59. The molecule has 2 N–H and O–H groups in total. The third-order valence-electron chi connectivity index (χ3n) is 4.47. The highest BCUT2D eigenvalue weighted by atomic mass is 19.4. The Balaban J connectivity index is 1.61. The molecular weight excluding hydrogens is 377 g/mol. The van der Waals surface area contributed by atoms with E-state index in [0.29, 0.717) is 31.7 Å². The molecule has 1 aromatic carbocycles. The van der Waals surface area contributed by atoms with Crippen LogP contribution in [0.25, 0.3) is 0 Å². The second-order valence-corrected chi connectivity index (χ2v) is 6.35. The van der Waals surface area contributed by atoms with Gasteiger partial charge in [-0.25, -0.2) is 14.8 Å². The van der Waals surface area contributed by atoms with E-state index < -0.39 is 23.6 Å². The molecule has 0 saturated carbocycles. The Bertz CT molecular complexity index is 863. The van der Waals surface area contributed by atoms with Gasteiger partial charge in [0, 0.05) is 19.1 Å². The smallest absolute Gasteiger partial charge is 0.417 e. The molecule has 0 unspecified atom stereocenters. The zero-order valence-electron chi connectivity index (χ0n) is 14.6. The number of rotatable bonds is 4. The van der Waals surface area contributed by atoms with Crippen molar-refractivity contribution in [1.82, 2.24) is 14.9 Å². The number of nitrogens with zero attached hydrogens (tertiary/aromatic N) is 3. The Morgan fingerprint density at radius 1 is 1.11 bits per heavy atom. The van der Waals surface area contributed by atoms with Crippen LogP contribution in [0.3, 0.4) is 0 Å². The topological polar surface area (TPSA) is 95.4 Å².